The highest BCUT2D eigenvalue weighted by Gasteiger charge is 2.16. The van der Waals surface area contributed by atoms with Crippen LogP contribution in [0.15, 0.2) is 72.3 Å². The predicted octanol–water partition coefficient (Wildman–Crippen LogP) is 4.92. The van der Waals surface area contributed by atoms with Crippen LogP contribution in [0.1, 0.15) is 15.9 Å². The van der Waals surface area contributed by atoms with Crippen LogP contribution in [0.3, 0.4) is 0 Å². The number of non-ortho nitro benzene ring substituents is 2. The van der Waals surface area contributed by atoms with Gasteiger partial charge in [0, 0.05) is 24.3 Å². The molecule has 0 spiro atoms. The summed E-state index contributed by atoms with van der Waals surface area (Å²) in [5.41, 5.74) is -0.265. The fraction of sp³-hybridized carbons (Fsp3) is 0. The second-order valence-corrected chi connectivity index (χ2v) is 7.22. The SMILES string of the molecule is N#CC(=Cc1ccc(OC(=O)c2cccc([N+](=O)[O-])c2)cc1)C(=O)Nc1ccc([N+](=O)[O-])cc1Cl. The fourth-order valence-corrected chi connectivity index (χ4v) is 2.99. The molecule has 3 aromatic rings. The van der Waals surface area contributed by atoms with Crippen molar-refractivity contribution in [2.24, 2.45) is 0 Å². The number of nitrogens with zero attached hydrogens (tertiary/aromatic N) is 3. The van der Waals surface area contributed by atoms with E-state index in [0.717, 1.165) is 18.2 Å². The highest BCUT2D eigenvalue weighted by molar-refractivity contribution is 6.34. The lowest BCUT2D eigenvalue weighted by atomic mass is 10.1. The third kappa shape index (κ3) is 6.25. The van der Waals surface area contributed by atoms with E-state index in [2.05, 4.69) is 5.32 Å². The standard InChI is InChI=1S/C23H13ClN4O7/c24-20-12-18(28(33)34)6-9-21(20)26-22(29)16(13-25)10-14-4-7-19(8-5-14)35-23(30)15-2-1-3-17(11-15)27(31)32/h1-12H,(H,26,29). The Hall–Kier alpha value is -5.08. The lowest BCUT2D eigenvalue weighted by molar-refractivity contribution is -0.385. The molecule has 0 aliphatic rings. The Morgan fingerprint density at radius 2 is 1.63 bits per heavy atom. The van der Waals surface area contributed by atoms with Crippen LogP contribution < -0.4 is 10.1 Å². The van der Waals surface area contributed by atoms with Gasteiger partial charge in [-0.3, -0.25) is 25.0 Å². The molecule has 0 atom stereocenters. The molecule has 3 rings (SSSR count). The molecule has 35 heavy (non-hydrogen) atoms. The van der Waals surface area contributed by atoms with E-state index in [9.17, 15) is 35.1 Å². The molecule has 0 heterocycles. The van der Waals surface area contributed by atoms with Crippen LogP contribution in [0.4, 0.5) is 17.1 Å². The van der Waals surface area contributed by atoms with E-state index >= 15 is 0 Å². The number of nitrogens with one attached hydrogen (secondary N) is 1. The number of amides is 1. The zero-order valence-electron chi connectivity index (χ0n) is 17.5. The summed E-state index contributed by atoms with van der Waals surface area (Å²) in [4.78, 5) is 45.1. The van der Waals surface area contributed by atoms with E-state index in [1.54, 1.807) is 6.07 Å². The summed E-state index contributed by atoms with van der Waals surface area (Å²) in [7, 11) is 0. The Morgan fingerprint density at radius 3 is 2.23 bits per heavy atom. The molecule has 0 aliphatic carbocycles. The average Bonchev–Trinajstić information content (AvgIpc) is 2.84. The molecule has 0 unspecified atom stereocenters. The van der Waals surface area contributed by atoms with Crippen LogP contribution in [0.5, 0.6) is 5.75 Å². The maximum atomic E-state index is 12.5. The highest BCUT2D eigenvalue weighted by atomic mass is 35.5. The fourth-order valence-electron chi connectivity index (χ4n) is 2.77. The maximum absolute atomic E-state index is 12.5. The molecule has 0 saturated heterocycles. The van der Waals surface area contributed by atoms with Crippen LogP contribution in [0.2, 0.25) is 5.02 Å². The number of carbonyl (C=O) groups is 2. The summed E-state index contributed by atoms with van der Waals surface area (Å²) in [6.45, 7) is 0. The first kappa shape index (κ1) is 24.6. The van der Waals surface area contributed by atoms with Gasteiger partial charge in [0.2, 0.25) is 0 Å². The second kappa shape index (κ2) is 10.7. The van der Waals surface area contributed by atoms with Gasteiger partial charge in [-0.25, -0.2) is 4.79 Å². The molecular weight excluding hydrogens is 480 g/mol. The third-order valence-corrected chi connectivity index (χ3v) is 4.78. The van der Waals surface area contributed by atoms with E-state index in [-0.39, 0.29) is 39.0 Å². The number of carbonyl (C=O) groups excluding carboxylic acids is 2. The molecule has 3 aromatic carbocycles. The normalized spacial score (nSPS) is 10.7. The van der Waals surface area contributed by atoms with Gasteiger partial charge in [-0.15, -0.1) is 0 Å². The average molecular weight is 493 g/mol. The predicted molar refractivity (Wildman–Crippen MR) is 125 cm³/mol. The van der Waals surface area contributed by atoms with Crippen LogP contribution in [-0.2, 0) is 4.79 Å². The van der Waals surface area contributed by atoms with Gasteiger partial charge in [0.05, 0.1) is 26.1 Å². The lowest BCUT2D eigenvalue weighted by Gasteiger charge is -2.07. The number of halogens is 1. The van der Waals surface area contributed by atoms with Gasteiger partial charge < -0.3 is 10.1 Å². The van der Waals surface area contributed by atoms with Crippen molar-refractivity contribution in [2.75, 3.05) is 5.32 Å². The Morgan fingerprint density at radius 1 is 0.971 bits per heavy atom. The zero-order chi connectivity index (χ0) is 25.5. The van der Waals surface area contributed by atoms with Crippen molar-refractivity contribution < 1.29 is 24.2 Å². The quantitative estimate of drug-likeness (QED) is 0.121. The van der Waals surface area contributed by atoms with Crippen molar-refractivity contribution in [3.8, 4) is 11.8 Å². The molecule has 174 valence electrons. The van der Waals surface area contributed by atoms with E-state index in [4.69, 9.17) is 16.3 Å². The summed E-state index contributed by atoms with van der Waals surface area (Å²) in [6.07, 6.45) is 1.28. The van der Waals surface area contributed by atoms with E-state index < -0.39 is 21.7 Å². The second-order valence-electron chi connectivity index (χ2n) is 6.81. The summed E-state index contributed by atoms with van der Waals surface area (Å²) < 4.78 is 5.20. The summed E-state index contributed by atoms with van der Waals surface area (Å²) in [5.74, 6) is -1.45. The van der Waals surface area contributed by atoms with Gasteiger partial charge in [0.25, 0.3) is 17.3 Å². The maximum Gasteiger partial charge on any atom is 0.343 e. The van der Waals surface area contributed by atoms with Gasteiger partial charge in [0.1, 0.15) is 17.4 Å². The molecule has 0 aromatic heterocycles. The summed E-state index contributed by atoms with van der Waals surface area (Å²) >= 11 is 5.96. The number of nitro benzene ring substituents is 2. The molecule has 0 bridgehead atoms. The van der Waals surface area contributed by atoms with Crippen LogP contribution in [0, 0.1) is 31.6 Å². The number of esters is 1. The molecule has 1 N–H and O–H groups in total. The monoisotopic (exact) mass is 492 g/mol. The highest BCUT2D eigenvalue weighted by Crippen LogP contribution is 2.27. The van der Waals surface area contributed by atoms with E-state index in [1.165, 1.54) is 54.6 Å². The first-order valence-corrected chi connectivity index (χ1v) is 9.99. The van der Waals surface area contributed by atoms with Crippen molar-refractivity contribution in [1.29, 1.82) is 5.26 Å². The van der Waals surface area contributed by atoms with Gasteiger partial charge in [0.15, 0.2) is 0 Å². The number of nitriles is 1. The molecule has 0 fully saturated rings. The third-order valence-electron chi connectivity index (χ3n) is 4.47. The molecular formula is C23H13ClN4O7. The van der Waals surface area contributed by atoms with Crippen molar-refractivity contribution in [3.63, 3.8) is 0 Å². The number of benzene rings is 3. The van der Waals surface area contributed by atoms with Crippen LogP contribution >= 0.6 is 11.6 Å². The van der Waals surface area contributed by atoms with Crippen LogP contribution in [0.25, 0.3) is 6.08 Å². The van der Waals surface area contributed by atoms with E-state index in [0.29, 0.717) is 5.56 Å². The molecule has 12 heteroatoms. The smallest absolute Gasteiger partial charge is 0.343 e. The number of rotatable bonds is 7. The first-order chi connectivity index (χ1) is 16.7. The lowest BCUT2D eigenvalue weighted by Crippen LogP contribution is -2.13. The Kier molecular flexibility index (Phi) is 7.50. The number of ether oxygens (including phenoxy) is 1. The number of hydrogen-bond acceptors (Lipinski definition) is 8. The van der Waals surface area contributed by atoms with E-state index in [1.807, 2.05) is 0 Å². The topological polar surface area (TPSA) is 165 Å². The Balaban J connectivity index is 1.71. The zero-order valence-corrected chi connectivity index (χ0v) is 18.3. The van der Waals surface area contributed by atoms with Gasteiger partial charge >= 0.3 is 5.97 Å². The van der Waals surface area contributed by atoms with Gasteiger partial charge in [-0.05, 0) is 35.9 Å². The van der Waals surface area contributed by atoms with Gasteiger partial charge in [-0.1, -0.05) is 29.8 Å². The van der Waals surface area contributed by atoms with Crippen LogP contribution in [-0.4, -0.2) is 21.7 Å². The largest absolute Gasteiger partial charge is 0.423 e. The van der Waals surface area contributed by atoms with Crippen molar-refractivity contribution in [1.82, 2.24) is 0 Å². The molecule has 1 amide bonds. The summed E-state index contributed by atoms with van der Waals surface area (Å²) in [6, 6.07) is 16.1. The first-order valence-electron chi connectivity index (χ1n) is 9.61. The minimum Gasteiger partial charge on any atom is -0.423 e. The molecule has 0 aliphatic heterocycles. The number of hydrogen-bond donors (Lipinski definition) is 1. The van der Waals surface area contributed by atoms with Gasteiger partial charge in [-0.2, -0.15) is 5.26 Å². The molecule has 0 saturated carbocycles. The van der Waals surface area contributed by atoms with Crippen molar-refractivity contribution in [2.45, 2.75) is 0 Å². The summed E-state index contributed by atoms with van der Waals surface area (Å²) in [5, 5.41) is 33.4. The number of nitro groups is 2. The Bertz CT molecular complexity index is 1410. The minimum atomic E-state index is -0.797. The minimum absolute atomic E-state index is 0.00323. The molecule has 0 radical (unpaired) electrons. The number of anilines is 1. The van der Waals surface area contributed by atoms with Crippen molar-refractivity contribution >= 4 is 46.6 Å². The Labute approximate surface area is 202 Å². The molecule has 11 nitrogen and oxygen atoms in total. The van der Waals surface area contributed by atoms with Crippen molar-refractivity contribution in [3.05, 3.63) is 109 Å².